The number of anilines is 1. The van der Waals surface area contributed by atoms with Gasteiger partial charge in [0.25, 0.3) is 0 Å². The first-order valence-electron chi connectivity index (χ1n) is 6.38. The third kappa shape index (κ3) is 2.36. The van der Waals surface area contributed by atoms with E-state index in [9.17, 15) is 0 Å². The fourth-order valence-corrected chi connectivity index (χ4v) is 3.07. The van der Waals surface area contributed by atoms with Gasteiger partial charge in [-0.3, -0.25) is 4.40 Å². The second-order valence-corrected chi connectivity index (χ2v) is 6.07. The zero-order chi connectivity index (χ0) is 13.4. The van der Waals surface area contributed by atoms with Gasteiger partial charge in [-0.15, -0.1) is 11.3 Å². The van der Waals surface area contributed by atoms with Crippen molar-refractivity contribution in [1.82, 2.24) is 9.38 Å². The molecule has 0 saturated heterocycles. The predicted octanol–water partition coefficient (Wildman–Crippen LogP) is 3.93. The molecule has 0 radical (unpaired) electrons. The minimum Gasteiger partial charge on any atom is -0.379 e. The number of imidazole rings is 1. The third-order valence-corrected chi connectivity index (χ3v) is 4.15. The Morgan fingerprint density at radius 2 is 1.89 bits per heavy atom. The Morgan fingerprint density at radius 3 is 2.63 bits per heavy atom. The number of nitrogens with zero attached hydrogens (tertiary/aromatic N) is 2. The van der Waals surface area contributed by atoms with E-state index < -0.39 is 0 Å². The second kappa shape index (κ2) is 4.70. The van der Waals surface area contributed by atoms with Gasteiger partial charge in [-0.2, -0.15) is 0 Å². The number of aryl methyl sites for hydroxylation is 3. The van der Waals surface area contributed by atoms with Crippen LogP contribution in [0.4, 0.5) is 5.69 Å². The molecule has 4 heteroatoms. The summed E-state index contributed by atoms with van der Waals surface area (Å²) in [7, 11) is 0. The number of thiazole rings is 1. The average molecular weight is 271 g/mol. The Hall–Kier alpha value is -1.81. The Bertz CT molecular complexity index is 707. The molecule has 0 fully saturated rings. The maximum atomic E-state index is 4.60. The molecule has 1 N–H and O–H groups in total. The van der Waals surface area contributed by atoms with Gasteiger partial charge < -0.3 is 5.32 Å². The summed E-state index contributed by atoms with van der Waals surface area (Å²) in [6, 6.07) is 8.47. The molecule has 2 aromatic heterocycles. The highest BCUT2D eigenvalue weighted by Gasteiger charge is 2.10. The molecule has 0 aliphatic rings. The maximum absolute atomic E-state index is 4.60. The number of aromatic nitrogens is 2. The lowest BCUT2D eigenvalue weighted by Crippen LogP contribution is -2.03. The molecule has 3 aromatic rings. The minimum absolute atomic E-state index is 0.798. The van der Waals surface area contributed by atoms with Crippen LogP contribution < -0.4 is 5.32 Å². The molecule has 3 rings (SSSR count). The highest BCUT2D eigenvalue weighted by Crippen LogP contribution is 2.21. The summed E-state index contributed by atoms with van der Waals surface area (Å²) in [5.41, 5.74) is 4.76. The number of hydrogen-bond acceptors (Lipinski definition) is 3. The van der Waals surface area contributed by atoms with Crippen LogP contribution in [0.2, 0.25) is 0 Å². The number of benzene rings is 1. The van der Waals surface area contributed by atoms with Crippen LogP contribution in [0.3, 0.4) is 0 Å². The monoisotopic (exact) mass is 271 g/mol. The van der Waals surface area contributed by atoms with Crippen LogP contribution in [0.5, 0.6) is 0 Å². The van der Waals surface area contributed by atoms with E-state index in [0.717, 1.165) is 22.9 Å². The van der Waals surface area contributed by atoms with Crippen molar-refractivity contribution in [2.24, 2.45) is 0 Å². The molecule has 0 spiro atoms. The minimum atomic E-state index is 0.798. The summed E-state index contributed by atoms with van der Waals surface area (Å²) in [6.07, 6.45) is 2.16. The van der Waals surface area contributed by atoms with Crippen molar-refractivity contribution >= 4 is 22.0 Å². The van der Waals surface area contributed by atoms with Crippen molar-refractivity contribution < 1.29 is 0 Å². The van der Waals surface area contributed by atoms with E-state index in [4.69, 9.17) is 0 Å². The summed E-state index contributed by atoms with van der Waals surface area (Å²) in [5, 5.41) is 3.46. The van der Waals surface area contributed by atoms with Crippen LogP contribution in [0.25, 0.3) is 4.96 Å². The largest absolute Gasteiger partial charge is 0.379 e. The fraction of sp³-hybridized carbons (Fsp3) is 0.267. The fourth-order valence-electron chi connectivity index (χ4n) is 2.18. The first kappa shape index (κ1) is 12.2. The number of nitrogens with one attached hydrogen (secondary N) is 1. The first-order valence-corrected chi connectivity index (χ1v) is 7.19. The van der Waals surface area contributed by atoms with Gasteiger partial charge in [0.05, 0.1) is 17.9 Å². The normalized spacial score (nSPS) is 11.1. The van der Waals surface area contributed by atoms with Crippen molar-refractivity contribution in [2.75, 3.05) is 5.32 Å². The van der Waals surface area contributed by atoms with Crippen molar-refractivity contribution in [1.29, 1.82) is 0 Å². The molecule has 0 bridgehead atoms. The lowest BCUT2D eigenvalue weighted by Gasteiger charge is -2.07. The molecule has 2 heterocycles. The molecule has 19 heavy (non-hydrogen) atoms. The van der Waals surface area contributed by atoms with Crippen LogP contribution in [0.15, 0.2) is 30.5 Å². The van der Waals surface area contributed by atoms with Crippen LogP contribution in [0, 0.1) is 20.8 Å². The quantitative estimate of drug-likeness (QED) is 0.782. The van der Waals surface area contributed by atoms with Crippen molar-refractivity contribution in [2.45, 2.75) is 27.3 Å². The molecular weight excluding hydrogens is 254 g/mol. The lowest BCUT2D eigenvalue weighted by molar-refractivity contribution is 0.991. The maximum Gasteiger partial charge on any atom is 0.194 e. The number of hydrogen-bond donors (Lipinski definition) is 1. The summed E-state index contributed by atoms with van der Waals surface area (Å²) in [4.78, 5) is 6.97. The molecule has 1 aromatic carbocycles. The SMILES string of the molecule is Cc1ccc(NCc2c(C)nc3sc(C)cn23)cc1. The molecule has 3 nitrogen and oxygen atoms in total. The summed E-state index contributed by atoms with van der Waals surface area (Å²) in [5.74, 6) is 0. The van der Waals surface area contributed by atoms with Crippen LogP contribution >= 0.6 is 11.3 Å². The van der Waals surface area contributed by atoms with E-state index >= 15 is 0 Å². The number of rotatable bonds is 3. The Labute approximate surface area is 116 Å². The van der Waals surface area contributed by atoms with Gasteiger partial charge in [0.2, 0.25) is 0 Å². The smallest absolute Gasteiger partial charge is 0.194 e. The van der Waals surface area contributed by atoms with Gasteiger partial charge in [-0.05, 0) is 32.9 Å². The van der Waals surface area contributed by atoms with Gasteiger partial charge in [-0.25, -0.2) is 4.98 Å². The summed E-state index contributed by atoms with van der Waals surface area (Å²) in [6.45, 7) is 7.09. The van der Waals surface area contributed by atoms with Crippen molar-refractivity contribution in [3.63, 3.8) is 0 Å². The molecule has 0 saturated carbocycles. The van der Waals surface area contributed by atoms with Gasteiger partial charge in [-0.1, -0.05) is 17.7 Å². The summed E-state index contributed by atoms with van der Waals surface area (Å²) >= 11 is 1.73. The zero-order valence-electron chi connectivity index (χ0n) is 11.4. The number of fused-ring (bicyclic) bond motifs is 1. The van der Waals surface area contributed by atoms with E-state index in [1.807, 2.05) is 0 Å². The molecular formula is C15H17N3S. The highest BCUT2D eigenvalue weighted by molar-refractivity contribution is 7.17. The van der Waals surface area contributed by atoms with Crippen LogP contribution in [-0.4, -0.2) is 9.38 Å². The van der Waals surface area contributed by atoms with Crippen molar-refractivity contribution in [3.8, 4) is 0 Å². The third-order valence-electron chi connectivity index (χ3n) is 3.25. The second-order valence-electron chi connectivity index (χ2n) is 4.86. The van der Waals surface area contributed by atoms with Crippen LogP contribution in [0.1, 0.15) is 21.8 Å². The molecule has 0 aliphatic carbocycles. The van der Waals surface area contributed by atoms with E-state index in [-0.39, 0.29) is 0 Å². The Kier molecular flexibility index (Phi) is 3.03. The van der Waals surface area contributed by atoms with Gasteiger partial charge in [0, 0.05) is 16.8 Å². The predicted molar refractivity (Wildman–Crippen MR) is 81.0 cm³/mol. The standard InChI is InChI=1S/C15H17N3S/c1-10-4-6-13(7-5-10)16-8-14-12(3)17-15-18(14)9-11(2)19-15/h4-7,9,16H,8H2,1-3H3. The van der Waals surface area contributed by atoms with Crippen molar-refractivity contribution in [3.05, 3.63) is 52.3 Å². The average Bonchev–Trinajstić information content (AvgIpc) is 2.85. The first-order chi connectivity index (χ1) is 9.13. The molecule has 0 atom stereocenters. The Balaban J connectivity index is 1.84. The molecule has 0 unspecified atom stereocenters. The lowest BCUT2D eigenvalue weighted by atomic mass is 10.2. The zero-order valence-corrected chi connectivity index (χ0v) is 12.2. The van der Waals surface area contributed by atoms with E-state index in [2.05, 4.69) is 65.9 Å². The molecule has 0 amide bonds. The van der Waals surface area contributed by atoms with Gasteiger partial charge >= 0.3 is 0 Å². The van der Waals surface area contributed by atoms with E-state index in [0.29, 0.717) is 0 Å². The Morgan fingerprint density at radius 1 is 1.16 bits per heavy atom. The van der Waals surface area contributed by atoms with Crippen LogP contribution in [-0.2, 0) is 6.54 Å². The van der Waals surface area contributed by atoms with Gasteiger partial charge in [0.15, 0.2) is 4.96 Å². The topological polar surface area (TPSA) is 29.3 Å². The highest BCUT2D eigenvalue weighted by atomic mass is 32.1. The molecule has 98 valence electrons. The summed E-state index contributed by atoms with van der Waals surface area (Å²) < 4.78 is 2.19. The van der Waals surface area contributed by atoms with E-state index in [1.54, 1.807) is 11.3 Å². The molecule has 0 aliphatic heterocycles. The van der Waals surface area contributed by atoms with Gasteiger partial charge in [0.1, 0.15) is 0 Å². The van der Waals surface area contributed by atoms with E-state index in [1.165, 1.54) is 16.1 Å².